The number of amides is 1. The van der Waals surface area contributed by atoms with E-state index in [1.165, 1.54) is 10.6 Å². The summed E-state index contributed by atoms with van der Waals surface area (Å²) in [5, 5.41) is 3.13. The lowest BCUT2D eigenvalue weighted by Gasteiger charge is -2.39. The topological polar surface area (TPSA) is 75.7 Å². The monoisotopic (exact) mass is 366 g/mol. The van der Waals surface area contributed by atoms with Gasteiger partial charge < -0.3 is 10.1 Å². The molecule has 1 aromatic rings. The summed E-state index contributed by atoms with van der Waals surface area (Å²) < 4.78 is 30.9. The van der Waals surface area contributed by atoms with E-state index in [9.17, 15) is 13.2 Å². The molecule has 1 saturated heterocycles. The van der Waals surface area contributed by atoms with Gasteiger partial charge in [-0.15, -0.1) is 0 Å². The standard InChI is InChI=1S/C18H26N2O4S/c1-18(2)11-15(14-8-4-5-9-16(14)24-18)19-17(21)13-7-6-10-20(12-13)25(3,22)23/h4-5,8-9,13,15H,6-7,10-12H2,1-3H3,(H,19,21)/t13-,15+/m0/s1. The summed E-state index contributed by atoms with van der Waals surface area (Å²) in [6.07, 6.45) is 3.30. The third kappa shape index (κ3) is 4.15. The van der Waals surface area contributed by atoms with Crippen molar-refractivity contribution in [3.05, 3.63) is 29.8 Å². The van der Waals surface area contributed by atoms with Crippen molar-refractivity contribution in [3.63, 3.8) is 0 Å². The Hall–Kier alpha value is -1.60. The zero-order chi connectivity index (χ0) is 18.2. The van der Waals surface area contributed by atoms with Gasteiger partial charge in [-0.2, -0.15) is 0 Å². The number of sulfonamides is 1. The first-order chi connectivity index (χ1) is 11.7. The van der Waals surface area contributed by atoms with E-state index < -0.39 is 10.0 Å². The quantitative estimate of drug-likeness (QED) is 0.889. The van der Waals surface area contributed by atoms with Gasteiger partial charge in [0.15, 0.2) is 0 Å². The fourth-order valence-electron chi connectivity index (χ4n) is 3.68. The van der Waals surface area contributed by atoms with Gasteiger partial charge in [0.2, 0.25) is 15.9 Å². The van der Waals surface area contributed by atoms with Crippen molar-refractivity contribution in [2.75, 3.05) is 19.3 Å². The number of benzene rings is 1. The molecule has 25 heavy (non-hydrogen) atoms. The molecule has 0 aromatic heterocycles. The lowest BCUT2D eigenvalue weighted by Crippen LogP contribution is -2.47. The Balaban J connectivity index is 1.74. The highest BCUT2D eigenvalue weighted by Gasteiger charge is 2.36. The first-order valence-corrected chi connectivity index (χ1v) is 10.5. The molecule has 3 rings (SSSR count). The summed E-state index contributed by atoms with van der Waals surface area (Å²) >= 11 is 0. The third-order valence-corrected chi connectivity index (χ3v) is 6.19. The number of fused-ring (bicyclic) bond motifs is 1. The molecule has 2 aliphatic heterocycles. The summed E-state index contributed by atoms with van der Waals surface area (Å²) in [5.74, 6) is 0.415. The minimum atomic E-state index is -3.26. The van der Waals surface area contributed by atoms with E-state index >= 15 is 0 Å². The van der Waals surface area contributed by atoms with Crippen LogP contribution in [0.25, 0.3) is 0 Å². The predicted octanol–water partition coefficient (Wildman–Crippen LogP) is 2.08. The van der Waals surface area contributed by atoms with E-state index in [1.807, 2.05) is 38.1 Å². The number of carbonyl (C=O) groups excluding carboxylic acids is 1. The van der Waals surface area contributed by atoms with Crippen molar-refractivity contribution in [2.24, 2.45) is 5.92 Å². The van der Waals surface area contributed by atoms with Crippen LogP contribution in [0.2, 0.25) is 0 Å². The molecule has 7 heteroatoms. The van der Waals surface area contributed by atoms with Gasteiger partial charge in [-0.25, -0.2) is 12.7 Å². The molecule has 2 aliphatic rings. The van der Waals surface area contributed by atoms with E-state index in [0.29, 0.717) is 25.8 Å². The Labute approximate surface area is 149 Å². The number of carbonyl (C=O) groups is 1. The number of nitrogens with zero attached hydrogens (tertiary/aromatic N) is 1. The van der Waals surface area contributed by atoms with Gasteiger partial charge in [0.05, 0.1) is 18.2 Å². The van der Waals surface area contributed by atoms with Gasteiger partial charge >= 0.3 is 0 Å². The molecule has 0 spiro atoms. The molecule has 0 unspecified atom stereocenters. The van der Waals surface area contributed by atoms with E-state index in [1.54, 1.807) is 0 Å². The SMILES string of the molecule is CC1(C)C[C@@H](NC(=O)[C@H]2CCCN(S(C)(=O)=O)C2)c2ccccc2O1. The normalized spacial score (nSPS) is 26.4. The Bertz CT molecular complexity index is 760. The highest BCUT2D eigenvalue weighted by atomic mass is 32.2. The summed E-state index contributed by atoms with van der Waals surface area (Å²) in [6, 6.07) is 7.62. The lowest BCUT2D eigenvalue weighted by molar-refractivity contribution is -0.127. The van der Waals surface area contributed by atoms with Crippen molar-refractivity contribution in [2.45, 2.75) is 44.8 Å². The maximum Gasteiger partial charge on any atom is 0.224 e. The first kappa shape index (κ1) is 18.2. The van der Waals surface area contributed by atoms with Crippen molar-refractivity contribution >= 4 is 15.9 Å². The fourth-order valence-corrected chi connectivity index (χ4v) is 4.59. The Morgan fingerprint density at radius 3 is 2.76 bits per heavy atom. The number of rotatable bonds is 3. The van der Waals surface area contributed by atoms with E-state index in [0.717, 1.165) is 11.3 Å². The minimum Gasteiger partial charge on any atom is -0.487 e. The van der Waals surface area contributed by atoms with Crippen LogP contribution in [-0.4, -0.2) is 43.6 Å². The van der Waals surface area contributed by atoms with Crippen molar-refractivity contribution < 1.29 is 17.9 Å². The average molecular weight is 366 g/mol. The molecule has 2 atom stereocenters. The van der Waals surface area contributed by atoms with Crippen LogP contribution in [0.3, 0.4) is 0 Å². The highest BCUT2D eigenvalue weighted by Crippen LogP contribution is 2.39. The number of hydrogen-bond acceptors (Lipinski definition) is 4. The molecule has 1 fully saturated rings. The fraction of sp³-hybridized carbons (Fsp3) is 0.611. The van der Waals surface area contributed by atoms with E-state index in [-0.39, 0.29) is 30.0 Å². The molecule has 1 N–H and O–H groups in total. The second-order valence-electron chi connectivity index (χ2n) is 7.63. The van der Waals surface area contributed by atoms with Crippen LogP contribution in [0.15, 0.2) is 24.3 Å². The van der Waals surface area contributed by atoms with Crippen LogP contribution in [0, 0.1) is 5.92 Å². The lowest BCUT2D eigenvalue weighted by atomic mass is 9.89. The molecule has 0 bridgehead atoms. The minimum absolute atomic E-state index is 0.0779. The smallest absolute Gasteiger partial charge is 0.224 e. The van der Waals surface area contributed by atoms with Gasteiger partial charge in [-0.3, -0.25) is 4.79 Å². The first-order valence-electron chi connectivity index (χ1n) is 8.69. The van der Waals surface area contributed by atoms with Crippen LogP contribution in [0.5, 0.6) is 5.75 Å². The highest BCUT2D eigenvalue weighted by molar-refractivity contribution is 7.88. The zero-order valence-electron chi connectivity index (χ0n) is 15.0. The summed E-state index contributed by atoms with van der Waals surface area (Å²) in [4.78, 5) is 12.8. The van der Waals surface area contributed by atoms with Crippen molar-refractivity contribution in [3.8, 4) is 5.75 Å². The number of ether oxygens (including phenoxy) is 1. The van der Waals surface area contributed by atoms with Gasteiger partial charge in [-0.05, 0) is 32.8 Å². The average Bonchev–Trinajstić information content (AvgIpc) is 2.53. The molecular formula is C18H26N2O4S. The molecule has 0 radical (unpaired) electrons. The van der Waals surface area contributed by atoms with Crippen molar-refractivity contribution in [1.29, 1.82) is 0 Å². The van der Waals surface area contributed by atoms with Gasteiger partial charge in [-0.1, -0.05) is 18.2 Å². The molecular weight excluding hydrogens is 340 g/mol. The van der Waals surface area contributed by atoms with Crippen LogP contribution in [0.1, 0.15) is 44.7 Å². The van der Waals surface area contributed by atoms with Crippen LogP contribution in [0.4, 0.5) is 0 Å². The number of para-hydroxylation sites is 1. The van der Waals surface area contributed by atoms with Gasteiger partial charge in [0.1, 0.15) is 11.4 Å². The van der Waals surface area contributed by atoms with E-state index in [4.69, 9.17) is 4.74 Å². The summed E-state index contributed by atoms with van der Waals surface area (Å²) in [6.45, 7) is 4.77. The summed E-state index contributed by atoms with van der Waals surface area (Å²) in [7, 11) is -3.26. The van der Waals surface area contributed by atoms with Crippen LogP contribution < -0.4 is 10.1 Å². The molecule has 6 nitrogen and oxygen atoms in total. The predicted molar refractivity (Wildman–Crippen MR) is 95.8 cm³/mol. The summed E-state index contributed by atoms with van der Waals surface area (Å²) in [5.41, 5.74) is 0.614. The van der Waals surface area contributed by atoms with Gasteiger partial charge in [0, 0.05) is 25.1 Å². The third-order valence-electron chi connectivity index (χ3n) is 4.92. The maximum atomic E-state index is 12.8. The molecule has 0 aliphatic carbocycles. The zero-order valence-corrected chi connectivity index (χ0v) is 15.8. The number of hydrogen-bond donors (Lipinski definition) is 1. The molecule has 138 valence electrons. The molecule has 1 aromatic carbocycles. The second kappa shape index (κ2) is 6.61. The van der Waals surface area contributed by atoms with E-state index in [2.05, 4.69) is 5.32 Å². The van der Waals surface area contributed by atoms with Crippen LogP contribution in [-0.2, 0) is 14.8 Å². The molecule has 2 heterocycles. The Morgan fingerprint density at radius 2 is 2.04 bits per heavy atom. The Morgan fingerprint density at radius 1 is 1.32 bits per heavy atom. The second-order valence-corrected chi connectivity index (χ2v) is 9.61. The number of nitrogens with one attached hydrogen (secondary N) is 1. The molecule has 1 amide bonds. The number of piperidine rings is 1. The van der Waals surface area contributed by atoms with Crippen molar-refractivity contribution in [1.82, 2.24) is 9.62 Å². The van der Waals surface area contributed by atoms with Gasteiger partial charge in [0.25, 0.3) is 0 Å². The van der Waals surface area contributed by atoms with Crippen LogP contribution >= 0.6 is 0 Å². The Kier molecular flexibility index (Phi) is 4.81. The maximum absolute atomic E-state index is 12.8. The molecule has 0 saturated carbocycles. The largest absolute Gasteiger partial charge is 0.487 e.